The van der Waals surface area contributed by atoms with E-state index in [0.29, 0.717) is 6.54 Å². The maximum absolute atomic E-state index is 12.1. The molecule has 0 bridgehead atoms. The van der Waals surface area contributed by atoms with E-state index >= 15 is 0 Å². The molecule has 0 aromatic carbocycles. The fraction of sp³-hybridized carbons (Fsp3) is 0.538. The Morgan fingerprint density at radius 3 is 2.94 bits per heavy atom. The van der Waals surface area contributed by atoms with Crippen LogP contribution in [0.1, 0.15) is 32.4 Å². The molecule has 5 nitrogen and oxygen atoms in total. The highest BCUT2D eigenvalue weighted by molar-refractivity contribution is 6.05. The number of carbonyl (C=O) groups is 2. The molecule has 1 aromatic rings. The lowest BCUT2D eigenvalue weighted by Gasteiger charge is -2.21. The second-order valence-electron chi connectivity index (χ2n) is 4.58. The number of nitrogens with zero attached hydrogens (tertiary/aromatic N) is 1. The van der Waals surface area contributed by atoms with Gasteiger partial charge in [-0.1, -0.05) is 6.92 Å². The molecule has 0 spiro atoms. The van der Waals surface area contributed by atoms with Gasteiger partial charge < -0.3 is 4.42 Å². The maximum Gasteiger partial charge on any atom is 0.247 e. The number of likely N-dealkylation sites (tertiary alicyclic amines) is 1. The molecule has 0 radical (unpaired) electrons. The largest absolute Gasteiger partial charge is 0.468 e. The van der Waals surface area contributed by atoms with Gasteiger partial charge in [0, 0.05) is 6.04 Å². The van der Waals surface area contributed by atoms with Crippen molar-refractivity contribution in [2.45, 2.75) is 45.3 Å². The van der Waals surface area contributed by atoms with E-state index in [4.69, 9.17) is 4.42 Å². The van der Waals surface area contributed by atoms with E-state index in [1.54, 1.807) is 12.3 Å². The van der Waals surface area contributed by atoms with Gasteiger partial charge in [-0.3, -0.25) is 19.8 Å². The zero-order valence-corrected chi connectivity index (χ0v) is 10.7. The highest BCUT2D eigenvalue weighted by Gasteiger charge is 2.40. The topological polar surface area (TPSA) is 62.6 Å². The third-order valence-electron chi connectivity index (χ3n) is 3.32. The van der Waals surface area contributed by atoms with Gasteiger partial charge in [-0.05, 0) is 25.5 Å². The Morgan fingerprint density at radius 2 is 2.33 bits per heavy atom. The summed E-state index contributed by atoms with van der Waals surface area (Å²) < 4.78 is 5.18. The molecule has 2 unspecified atom stereocenters. The first-order chi connectivity index (χ1) is 8.63. The average Bonchev–Trinajstić information content (AvgIpc) is 2.95. The summed E-state index contributed by atoms with van der Waals surface area (Å²) in [6, 6.07) is 3.18. The Balaban J connectivity index is 1.95. The molecule has 0 aliphatic carbocycles. The molecule has 1 fully saturated rings. The van der Waals surface area contributed by atoms with Crippen molar-refractivity contribution in [2.75, 3.05) is 0 Å². The van der Waals surface area contributed by atoms with Gasteiger partial charge >= 0.3 is 0 Å². The Bertz CT molecular complexity index is 427. The molecule has 2 atom stereocenters. The second kappa shape index (κ2) is 5.35. The molecule has 98 valence electrons. The molecule has 0 saturated carbocycles. The number of imide groups is 1. The molecule has 18 heavy (non-hydrogen) atoms. The van der Waals surface area contributed by atoms with E-state index in [9.17, 15) is 9.59 Å². The van der Waals surface area contributed by atoms with Crippen molar-refractivity contribution in [1.29, 1.82) is 0 Å². The Morgan fingerprint density at radius 1 is 1.56 bits per heavy atom. The van der Waals surface area contributed by atoms with Crippen LogP contribution < -0.4 is 5.32 Å². The minimum atomic E-state index is -0.420. The minimum absolute atomic E-state index is 0.0274. The van der Waals surface area contributed by atoms with Gasteiger partial charge in [0.05, 0.1) is 25.3 Å². The Kier molecular flexibility index (Phi) is 3.81. The van der Waals surface area contributed by atoms with E-state index in [-0.39, 0.29) is 24.3 Å². The van der Waals surface area contributed by atoms with Crippen LogP contribution in [0.3, 0.4) is 0 Å². The van der Waals surface area contributed by atoms with Gasteiger partial charge in [0.2, 0.25) is 11.8 Å². The van der Waals surface area contributed by atoms with Crippen molar-refractivity contribution < 1.29 is 14.0 Å². The summed E-state index contributed by atoms with van der Waals surface area (Å²) in [4.78, 5) is 25.3. The van der Waals surface area contributed by atoms with Gasteiger partial charge in [-0.25, -0.2) is 0 Å². The number of hydrogen-bond acceptors (Lipinski definition) is 4. The summed E-state index contributed by atoms with van der Waals surface area (Å²) >= 11 is 0. The SMILES string of the molecule is CCC(C)N1C(=O)CC(NCc2ccco2)C1=O. The number of amides is 2. The Hall–Kier alpha value is -1.62. The lowest BCUT2D eigenvalue weighted by atomic mass is 10.2. The van der Waals surface area contributed by atoms with E-state index in [0.717, 1.165) is 12.2 Å². The van der Waals surface area contributed by atoms with Gasteiger partial charge in [-0.15, -0.1) is 0 Å². The molecule has 1 aliphatic heterocycles. The quantitative estimate of drug-likeness (QED) is 0.800. The van der Waals surface area contributed by atoms with Crippen LogP contribution in [0.5, 0.6) is 0 Å². The molecule has 1 saturated heterocycles. The number of carbonyl (C=O) groups excluding carboxylic acids is 2. The van der Waals surface area contributed by atoms with E-state index < -0.39 is 6.04 Å². The first kappa shape index (κ1) is 12.8. The summed E-state index contributed by atoms with van der Waals surface area (Å²) in [5.74, 6) is 0.546. The Labute approximate surface area is 106 Å². The van der Waals surface area contributed by atoms with Crippen LogP contribution in [0.15, 0.2) is 22.8 Å². The summed E-state index contributed by atoms with van der Waals surface area (Å²) in [6.45, 7) is 4.32. The third kappa shape index (κ3) is 2.46. The number of nitrogens with one attached hydrogen (secondary N) is 1. The van der Waals surface area contributed by atoms with Crippen LogP contribution in [-0.2, 0) is 16.1 Å². The molecule has 2 heterocycles. The highest BCUT2D eigenvalue weighted by atomic mass is 16.3. The van der Waals surface area contributed by atoms with Gasteiger partial charge in [0.25, 0.3) is 0 Å². The minimum Gasteiger partial charge on any atom is -0.468 e. The van der Waals surface area contributed by atoms with Crippen LogP contribution >= 0.6 is 0 Å². The smallest absolute Gasteiger partial charge is 0.247 e. The molecular formula is C13H18N2O3. The average molecular weight is 250 g/mol. The normalized spacial score (nSPS) is 21.7. The van der Waals surface area contributed by atoms with E-state index in [1.165, 1.54) is 4.90 Å². The standard InChI is InChI=1S/C13H18N2O3/c1-3-9(2)15-12(16)7-11(13(15)17)14-8-10-5-4-6-18-10/h4-6,9,11,14H,3,7-8H2,1-2H3. The fourth-order valence-corrected chi connectivity index (χ4v) is 2.09. The van der Waals surface area contributed by atoms with Gasteiger partial charge in [0.15, 0.2) is 0 Å². The second-order valence-corrected chi connectivity index (χ2v) is 4.58. The zero-order valence-electron chi connectivity index (χ0n) is 10.7. The lowest BCUT2D eigenvalue weighted by Crippen LogP contribution is -2.42. The molecule has 1 N–H and O–H groups in total. The lowest BCUT2D eigenvalue weighted by molar-refractivity contribution is -0.141. The molecular weight excluding hydrogens is 232 g/mol. The van der Waals surface area contributed by atoms with Crippen LogP contribution in [0.2, 0.25) is 0 Å². The van der Waals surface area contributed by atoms with Crippen molar-refractivity contribution >= 4 is 11.8 Å². The van der Waals surface area contributed by atoms with Gasteiger partial charge in [-0.2, -0.15) is 0 Å². The predicted molar refractivity (Wildman–Crippen MR) is 65.6 cm³/mol. The van der Waals surface area contributed by atoms with Crippen molar-refractivity contribution in [3.05, 3.63) is 24.2 Å². The van der Waals surface area contributed by atoms with Gasteiger partial charge in [0.1, 0.15) is 5.76 Å². The number of hydrogen-bond donors (Lipinski definition) is 1. The van der Waals surface area contributed by atoms with E-state index in [1.807, 2.05) is 19.9 Å². The summed E-state index contributed by atoms with van der Waals surface area (Å²) in [5.41, 5.74) is 0. The van der Waals surface area contributed by atoms with E-state index in [2.05, 4.69) is 5.32 Å². The van der Waals surface area contributed by atoms with Crippen molar-refractivity contribution in [3.8, 4) is 0 Å². The summed E-state index contributed by atoms with van der Waals surface area (Å²) in [6.07, 6.45) is 2.61. The number of furan rings is 1. The third-order valence-corrected chi connectivity index (χ3v) is 3.32. The monoisotopic (exact) mass is 250 g/mol. The predicted octanol–water partition coefficient (Wildman–Crippen LogP) is 1.30. The highest BCUT2D eigenvalue weighted by Crippen LogP contribution is 2.18. The molecule has 1 aliphatic rings. The molecule has 5 heteroatoms. The van der Waals surface area contributed by atoms with Crippen LogP contribution in [0, 0.1) is 0 Å². The fourth-order valence-electron chi connectivity index (χ4n) is 2.09. The molecule has 1 aromatic heterocycles. The summed E-state index contributed by atoms with van der Waals surface area (Å²) in [5, 5.41) is 3.07. The van der Waals surface area contributed by atoms with Crippen molar-refractivity contribution in [1.82, 2.24) is 10.2 Å². The van der Waals surface area contributed by atoms with Crippen LogP contribution in [0.4, 0.5) is 0 Å². The first-order valence-corrected chi connectivity index (χ1v) is 6.25. The zero-order chi connectivity index (χ0) is 13.1. The van der Waals surface area contributed by atoms with Crippen molar-refractivity contribution in [2.24, 2.45) is 0 Å². The molecule has 2 amide bonds. The molecule has 2 rings (SSSR count). The van der Waals surface area contributed by atoms with Crippen LogP contribution in [0.25, 0.3) is 0 Å². The summed E-state index contributed by atoms with van der Waals surface area (Å²) in [7, 11) is 0. The maximum atomic E-state index is 12.1. The van der Waals surface area contributed by atoms with Crippen LogP contribution in [-0.4, -0.2) is 28.8 Å². The number of rotatable bonds is 5. The first-order valence-electron chi connectivity index (χ1n) is 6.25. The van der Waals surface area contributed by atoms with Crippen molar-refractivity contribution in [3.63, 3.8) is 0 Å².